The molecule has 1 N–H and O–H groups in total. The molecule has 0 bridgehead atoms. The van der Waals surface area contributed by atoms with Crippen molar-refractivity contribution in [2.75, 3.05) is 20.1 Å². The third kappa shape index (κ3) is 4.95. The van der Waals surface area contributed by atoms with Gasteiger partial charge in [0.05, 0.1) is 12.2 Å². The number of nitrogens with zero attached hydrogens (tertiary/aromatic N) is 4. The van der Waals surface area contributed by atoms with Crippen LogP contribution in [0.4, 0.5) is 0 Å². The smallest absolute Gasteiger partial charge is 0.193 e. The second kappa shape index (κ2) is 9.20. The molecule has 0 aliphatic rings. The Hall–Kier alpha value is -2.60. The molecule has 0 aliphatic carbocycles. The highest BCUT2D eigenvalue weighted by Gasteiger charge is 2.06. The molecule has 3 aromatic rings. The molecule has 2 aromatic heterocycles. The highest BCUT2D eigenvalue weighted by Crippen LogP contribution is 2.11. The number of likely N-dealkylation sites (N-methyl/N-ethyl adjacent to an activating group) is 1. The van der Waals surface area contributed by atoms with Gasteiger partial charge in [-0.3, -0.25) is 0 Å². The van der Waals surface area contributed by atoms with Gasteiger partial charge in [-0.2, -0.15) is 5.10 Å². The average molecular weight is 368 g/mol. The molecule has 0 fully saturated rings. The van der Waals surface area contributed by atoms with Crippen LogP contribution < -0.4 is 5.32 Å². The largest absolute Gasteiger partial charge is 0.357 e. The minimum absolute atomic E-state index is 0.658. The fourth-order valence-electron chi connectivity index (χ4n) is 2.65. The summed E-state index contributed by atoms with van der Waals surface area (Å²) in [6.07, 6.45) is 4.77. The molecule has 0 saturated heterocycles. The number of benzene rings is 1. The fourth-order valence-corrected chi connectivity index (χ4v) is 3.35. The van der Waals surface area contributed by atoms with E-state index in [2.05, 4.69) is 71.1 Å². The minimum Gasteiger partial charge on any atom is -0.357 e. The Morgan fingerprint density at radius 2 is 2.08 bits per heavy atom. The van der Waals surface area contributed by atoms with E-state index in [0.29, 0.717) is 6.54 Å². The summed E-state index contributed by atoms with van der Waals surface area (Å²) in [6.45, 7) is 4.57. The van der Waals surface area contributed by atoms with Crippen LogP contribution in [0.25, 0.3) is 5.69 Å². The summed E-state index contributed by atoms with van der Waals surface area (Å²) in [5, 5.41) is 9.76. The van der Waals surface area contributed by atoms with Gasteiger partial charge in [-0.05, 0) is 48.6 Å². The Balaban J connectivity index is 1.60. The molecule has 1 aromatic carbocycles. The molecule has 0 amide bonds. The Bertz CT molecular complexity index is 791. The van der Waals surface area contributed by atoms with Crippen molar-refractivity contribution in [1.82, 2.24) is 20.0 Å². The van der Waals surface area contributed by atoms with Crippen molar-refractivity contribution in [3.05, 3.63) is 70.7 Å². The van der Waals surface area contributed by atoms with E-state index in [-0.39, 0.29) is 0 Å². The highest BCUT2D eigenvalue weighted by atomic mass is 32.1. The lowest BCUT2D eigenvalue weighted by molar-refractivity contribution is 0.486. The first-order valence-corrected chi connectivity index (χ1v) is 9.75. The summed E-state index contributed by atoms with van der Waals surface area (Å²) in [5.41, 5.74) is 2.24. The average Bonchev–Trinajstić information content (AvgIpc) is 3.37. The number of hydrogen-bond acceptors (Lipinski definition) is 3. The van der Waals surface area contributed by atoms with Crippen molar-refractivity contribution < 1.29 is 0 Å². The molecule has 3 rings (SSSR count). The maximum absolute atomic E-state index is 4.79. The third-order valence-corrected chi connectivity index (χ3v) is 5.02. The van der Waals surface area contributed by atoms with Gasteiger partial charge in [-0.1, -0.05) is 18.2 Å². The van der Waals surface area contributed by atoms with Gasteiger partial charge in [0.2, 0.25) is 0 Å². The standard InChI is InChI=1S/C20H25N5S/c1-3-21-20(24(2)14-11-19-6-4-15-26-19)22-16-17-7-9-18(10-8-17)25-13-5-12-23-25/h4-10,12-13,15H,3,11,14,16H2,1-2H3,(H,21,22). The van der Waals surface area contributed by atoms with Crippen molar-refractivity contribution >= 4 is 17.3 Å². The Morgan fingerprint density at radius 1 is 1.23 bits per heavy atom. The molecular weight excluding hydrogens is 342 g/mol. The van der Waals surface area contributed by atoms with Crippen LogP contribution in [0.3, 0.4) is 0 Å². The Morgan fingerprint density at radius 3 is 2.73 bits per heavy atom. The predicted molar refractivity (Wildman–Crippen MR) is 109 cm³/mol. The van der Waals surface area contributed by atoms with Crippen LogP contribution in [0.1, 0.15) is 17.4 Å². The van der Waals surface area contributed by atoms with E-state index in [1.165, 1.54) is 10.4 Å². The van der Waals surface area contributed by atoms with Crippen LogP contribution in [0, 0.1) is 0 Å². The van der Waals surface area contributed by atoms with Crippen molar-refractivity contribution in [2.24, 2.45) is 4.99 Å². The fraction of sp³-hybridized carbons (Fsp3) is 0.300. The zero-order valence-corrected chi connectivity index (χ0v) is 16.1. The number of hydrogen-bond donors (Lipinski definition) is 1. The number of thiophene rings is 1. The molecule has 0 aliphatic heterocycles. The molecule has 0 radical (unpaired) electrons. The summed E-state index contributed by atoms with van der Waals surface area (Å²) in [4.78, 5) is 8.39. The number of nitrogens with one attached hydrogen (secondary N) is 1. The zero-order valence-electron chi connectivity index (χ0n) is 15.3. The molecule has 0 saturated carbocycles. The summed E-state index contributed by atoms with van der Waals surface area (Å²) in [7, 11) is 2.09. The van der Waals surface area contributed by atoms with E-state index >= 15 is 0 Å². The molecule has 6 heteroatoms. The van der Waals surface area contributed by atoms with Crippen molar-refractivity contribution in [3.63, 3.8) is 0 Å². The van der Waals surface area contributed by atoms with Gasteiger partial charge < -0.3 is 10.2 Å². The molecule has 0 atom stereocenters. The first kappa shape index (κ1) is 18.2. The van der Waals surface area contributed by atoms with Crippen molar-refractivity contribution in [2.45, 2.75) is 19.9 Å². The van der Waals surface area contributed by atoms with Gasteiger partial charge in [0, 0.05) is 37.4 Å². The van der Waals surface area contributed by atoms with E-state index in [4.69, 9.17) is 4.99 Å². The molecule has 2 heterocycles. The lowest BCUT2D eigenvalue weighted by atomic mass is 10.2. The first-order chi connectivity index (χ1) is 12.8. The molecular formula is C20H25N5S. The zero-order chi connectivity index (χ0) is 18.2. The van der Waals surface area contributed by atoms with Crippen LogP contribution in [0.15, 0.2) is 65.2 Å². The van der Waals surface area contributed by atoms with E-state index < -0.39 is 0 Å². The number of guanidine groups is 1. The van der Waals surface area contributed by atoms with Gasteiger partial charge in [-0.15, -0.1) is 11.3 Å². The van der Waals surface area contributed by atoms with Gasteiger partial charge in [0.25, 0.3) is 0 Å². The molecule has 136 valence electrons. The second-order valence-corrected chi connectivity index (χ2v) is 7.07. The maximum atomic E-state index is 4.79. The maximum Gasteiger partial charge on any atom is 0.193 e. The molecule has 5 nitrogen and oxygen atoms in total. The summed E-state index contributed by atoms with van der Waals surface area (Å²) in [5.74, 6) is 0.945. The summed E-state index contributed by atoms with van der Waals surface area (Å²) in [6, 6.07) is 14.6. The van der Waals surface area contributed by atoms with E-state index in [0.717, 1.165) is 31.2 Å². The van der Waals surface area contributed by atoms with E-state index in [1.807, 2.05) is 16.9 Å². The Labute approximate surface area is 159 Å². The first-order valence-electron chi connectivity index (χ1n) is 8.87. The molecule has 0 spiro atoms. The van der Waals surface area contributed by atoms with Crippen LogP contribution in [0.5, 0.6) is 0 Å². The van der Waals surface area contributed by atoms with E-state index in [9.17, 15) is 0 Å². The van der Waals surface area contributed by atoms with Gasteiger partial charge >= 0.3 is 0 Å². The quantitative estimate of drug-likeness (QED) is 0.513. The number of aliphatic imine (C=N–C) groups is 1. The highest BCUT2D eigenvalue weighted by molar-refractivity contribution is 7.09. The minimum atomic E-state index is 0.658. The third-order valence-electron chi connectivity index (χ3n) is 4.09. The van der Waals surface area contributed by atoms with E-state index in [1.54, 1.807) is 17.5 Å². The van der Waals surface area contributed by atoms with Crippen molar-refractivity contribution in [1.29, 1.82) is 0 Å². The predicted octanol–water partition coefficient (Wildman–Crippen LogP) is 3.57. The van der Waals surface area contributed by atoms with Gasteiger partial charge in [-0.25, -0.2) is 9.67 Å². The second-order valence-electron chi connectivity index (χ2n) is 6.04. The molecule has 26 heavy (non-hydrogen) atoms. The summed E-state index contributed by atoms with van der Waals surface area (Å²) >= 11 is 1.81. The lowest BCUT2D eigenvalue weighted by Gasteiger charge is -2.21. The normalized spacial score (nSPS) is 11.5. The van der Waals surface area contributed by atoms with Gasteiger partial charge in [0.1, 0.15) is 0 Å². The monoisotopic (exact) mass is 367 g/mol. The van der Waals surface area contributed by atoms with Crippen LogP contribution >= 0.6 is 11.3 Å². The van der Waals surface area contributed by atoms with Gasteiger partial charge in [0.15, 0.2) is 5.96 Å². The molecule has 0 unspecified atom stereocenters. The lowest BCUT2D eigenvalue weighted by Crippen LogP contribution is -2.39. The number of aromatic nitrogens is 2. The van der Waals surface area contributed by atoms with Crippen LogP contribution in [-0.4, -0.2) is 40.8 Å². The van der Waals surface area contributed by atoms with Crippen LogP contribution in [0.2, 0.25) is 0 Å². The SMILES string of the molecule is CCNC(=NCc1ccc(-n2cccn2)cc1)N(C)CCc1cccs1. The van der Waals surface area contributed by atoms with Crippen LogP contribution in [-0.2, 0) is 13.0 Å². The topological polar surface area (TPSA) is 45.5 Å². The Kier molecular flexibility index (Phi) is 6.44. The summed E-state index contributed by atoms with van der Waals surface area (Å²) < 4.78 is 1.86. The number of rotatable bonds is 7. The van der Waals surface area contributed by atoms with Crippen molar-refractivity contribution in [3.8, 4) is 5.69 Å².